The summed E-state index contributed by atoms with van der Waals surface area (Å²) in [5.41, 5.74) is 2.59. The minimum atomic E-state index is -0.0808. The van der Waals surface area contributed by atoms with Crippen molar-refractivity contribution in [3.8, 4) is 0 Å². The lowest BCUT2D eigenvalue weighted by atomic mass is 10.2. The highest BCUT2D eigenvalue weighted by Crippen LogP contribution is 2.25. The van der Waals surface area contributed by atoms with Gasteiger partial charge in [0.15, 0.2) is 0 Å². The van der Waals surface area contributed by atoms with E-state index in [4.69, 9.17) is 4.74 Å². The van der Waals surface area contributed by atoms with Crippen molar-refractivity contribution in [2.24, 2.45) is 0 Å². The first-order valence-corrected chi connectivity index (χ1v) is 8.28. The van der Waals surface area contributed by atoms with E-state index in [1.165, 1.54) is 11.3 Å². The maximum absolute atomic E-state index is 12.0. The molecule has 0 unspecified atom stereocenters. The molecule has 112 valence electrons. The number of carbonyl (C=O) groups is 1. The first-order chi connectivity index (χ1) is 10.2. The number of aryl methyl sites for hydroxylation is 1. The second-order valence-corrected chi connectivity index (χ2v) is 6.44. The average molecular weight is 325 g/mol. The molecule has 3 heterocycles. The lowest BCUT2D eigenvalue weighted by molar-refractivity contribution is -0.119. The smallest absolute Gasteiger partial charge is 0.240 e. The second kappa shape index (κ2) is 6.56. The van der Waals surface area contributed by atoms with E-state index in [9.17, 15) is 4.79 Å². The van der Waals surface area contributed by atoms with Gasteiger partial charge in [-0.05, 0) is 6.92 Å². The number of hydrogen-bond acceptors (Lipinski definition) is 8. The minimum absolute atomic E-state index is 0.0493. The summed E-state index contributed by atoms with van der Waals surface area (Å²) in [7, 11) is 0. The van der Waals surface area contributed by atoms with E-state index in [0.717, 1.165) is 17.2 Å². The second-order valence-electron chi connectivity index (χ2n) is 4.71. The summed E-state index contributed by atoms with van der Waals surface area (Å²) in [6.45, 7) is 4.32. The Bertz CT molecular complexity index is 601. The summed E-state index contributed by atoms with van der Waals surface area (Å²) >= 11 is 2.91. The van der Waals surface area contributed by atoms with Gasteiger partial charge < -0.3 is 4.74 Å². The van der Waals surface area contributed by atoms with Gasteiger partial charge in [0.25, 0.3) is 0 Å². The largest absolute Gasteiger partial charge is 0.368 e. The molecule has 0 aromatic carbocycles. The van der Waals surface area contributed by atoms with Crippen molar-refractivity contribution in [1.82, 2.24) is 20.1 Å². The summed E-state index contributed by atoms with van der Waals surface area (Å²) < 4.78 is 5.75. The molecule has 1 amide bonds. The summed E-state index contributed by atoms with van der Waals surface area (Å²) in [4.78, 5) is 18.5. The number of ether oxygens (including phenoxy) is 1. The fourth-order valence-electron chi connectivity index (χ4n) is 2.11. The first kappa shape index (κ1) is 14.5. The number of morpholine rings is 1. The van der Waals surface area contributed by atoms with Crippen LogP contribution in [0.4, 0.5) is 5.13 Å². The molecule has 1 aliphatic heterocycles. The van der Waals surface area contributed by atoms with Crippen LogP contribution < -0.4 is 5.32 Å². The van der Waals surface area contributed by atoms with E-state index in [-0.39, 0.29) is 12.0 Å². The zero-order chi connectivity index (χ0) is 14.7. The van der Waals surface area contributed by atoms with Gasteiger partial charge in [-0.3, -0.25) is 15.0 Å². The van der Waals surface area contributed by atoms with Crippen LogP contribution in [0.3, 0.4) is 0 Å². The summed E-state index contributed by atoms with van der Waals surface area (Å²) in [6.07, 6.45) is -0.0493. The maximum Gasteiger partial charge on any atom is 0.240 e. The molecular formula is C12H15N5O2S2. The van der Waals surface area contributed by atoms with Gasteiger partial charge in [0.05, 0.1) is 13.2 Å². The fourth-order valence-corrected chi connectivity index (χ4v) is 3.40. The van der Waals surface area contributed by atoms with Crippen molar-refractivity contribution in [2.75, 3.05) is 31.6 Å². The van der Waals surface area contributed by atoms with E-state index in [0.29, 0.717) is 24.8 Å². The van der Waals surface area contributed by atoms with E-state index >= 15 is 0 Å². The van der Waals surface area contributed by atoms with E-state index < -0.39 is 0 Å². The molecule has 7 nitrogen and oxygen atoms in total. The highest BCUT2D eigenvalue weighted by Gasteiger charge is 2.25. The zero-order valence-electron chi connectivity index (χ0n) is 11.5. The molecule has 9 heteroatoms. The van der Waals surface area contributed by atoms with Gasteiger partial charge in [0.2, 0.25) is 11.0 Å². The third-order valence-corrected chi connectivity index (χ3v) is 4.70. The first-order valence-electron chi connectivity index (χ1n) is 6.53. The van der Waals surface area contributed by atoms with E-state index in [2.05, 4.69) is 25.4 Å². The topological polar surface area (TPSA) is 80.2 Å². The molecular weight excluding hydrogens is 310 g/mol. The van der Waals surface area contributed by atoms with Crippen LogP contribution in [0.1, 0.15) is 16.8 Å². The number of carbonyl (C=O) groups excluding carboxylic acids is 1. The van der Waals surface area contributed by atoms with Crippen LogP contribution in [0.25, 0.3) is 0 Å². The van der Waals surface area contributed by atoms with Crippen LogP contribution in [-0.2, 0) is 9.53 Å². The van der Waals surface area contributed by atoms with E-state index in [1.807, 2.05) is 12.3 Å². The van der Waals surface area contributed by atoms with Gasteiger partial charge in [-0.1, -0.05) is 11.3 Å². The van der Waals surface area contributed by atoms with Gasteiger partial charge in [-0.2, -0.15) is 0 Å². The molecule has 1 atom stereocenters. The van der Waals surface area contributed by atoms with Crippen LogP contribution >= 0.6 is 22.7 Å². The molecule has 0 bridgehead atoms. The SMILES string of the molecule is Cc1csc([C@@H]2CN(CC(=O)Nc3nncs3)CCO2)n1. The molecule has 0 aliphatic carbocycles. The Kier molecular flexibility index (Phi) is 4.54. The molecule has 0 spiro atoms. The van der Waals surface area contributed by atoms with Crippen molar-refractivity contribution < 1.29 is 9.53 Å². The predicted octanol–water partition coefficient (Wildman–Crippen LogP) is 1.32. The summed E-state index contributed by atoms with van der Waals surface area (Å²) in [6, 6.07) is 0. The van der Waals surface area contributed by atoms with Gasteiger partial charge in [-0.25, -0.2) is 4.98 Å². The van der Waals surface area contributed by atoms with Crippen molar-refractivity contribution in [3.63, 3.8) is 0 Å². The van der Waals surface area contributed by atoms with Gasteiger partial charge >= 0.3 is 0 Å². The number of nitrogens with zero attached hydrogens (tertiary/aromatic N) is 4. The summed E-state index contributed by atoms with van der Waals surface area (Å²) in [5.74, 6) is -0.0808. The number of hydrogen-bond donors (Lipinski definition) is 1. The molecule has 3 rings (SSSR count). The molecule has 1 saturated heterocycles. The number of anilines is 1. The highest BCUT2D eigenvalue weighted by atomic mass is 32.1. The number of aromatic nitrogens is 3. The molecule has 2 aromatic heterocycles. The molecule has 1 N–H and O–H groups in total. The molecule has 2 aromatic rings. The van der Waals surface area contributed by atoms with Crippen LogP contribution in [-0.4, -0.2) is 52.2 Å². The Morgan fingerprint density at radius 2 is 2.48 bits per heavy atom. The third-order valence-electron chi connectivity index (χ3n) is 3.04. The Hall–Kier alpha value is -1.42. The Morgan fingerprint density at radius 3 is 3.19 bits per heavy atom. The fraction of sp³-hybridized carbons (Fsp3) is 0.500. The van der Waals surface area contributed by atoms with Crippen LogP contribution in [0.15, 0.2) is 10.9 Å². The number of thiazole rings is 1. The lowest BCUT2D eigenvalue weighted by Gasteiger charge is -2.31. The van der Waals surface area contributed by atoms with Gasteiger partial charge in [-0.15, -0.1) is 21.5 Å². The van der Waals surface area contributed by atoms with Gasteiger partial charge in [0.1, 0.15) is 16.6 Å². The monoisotopic (exact) mass is 325 g/mol. The van der Waals surface area contributed by atoms with Crippen LogP contribution in [0.5, 0.6) is 0 Å². The number of nitrogens with one attached hydrogen (secondary N) is 1. The van der Waals surface area contributed by atoms with Crippen LogP contribution in [0, 0.1) is 6.92 Å². The number of rotatable bonds is 4. The third kappa shape index (κ3) is 3.82. The standard InChI is InChI=1S/C12H15N5O2S2/c1-8-6-20-11(14-8)9-4-17(2-3-19-9)5-10(18)15-12-16-13-7-21-12/h6-7,9H,2-5H2,1H3,(H,15,16,18)/t9-/m0/s1. The number of amides is 1. The Balaban J connectivity index is 1.55. The zero-order valence-corrected chi connectivity index (χ0v) is 13.1. The molecule has 0 radical (unpaired) electrons. The molecule has 21 heavy (non-hydrogen) atoms. The van der Waals surface area contributed by atoms with Crippen molar-refractivity contribution in [1.29, 1.82) is 0 Å². The average Bonchev–Trinajstić information content (AvgIpc) is 3.10. The van der Waals surface area contributed by atoms with Gasteiger partial charge in [0, 0.05) is 24.2 Å². The highest BCUT2D eigenvalue weighted by molar-refractivity contribution is 7.13. The van der Waals surface area contributed by atoms with Crippen molar-refractivity contribution in [3.05, 3.63) is 21.6 Å². The predicted molar refractivity (Wildman–Crippen MR) is 80.5 cm³/mol. The van der Waals surface area contributed by atoms with E-state index in [1.54, 1.807) is 16.8 Å². The summed E-state index contributed by atoms with van der Waals surface area (Å²) in [5, 5.41) is 13.7. The Labute approximate surface area is 130 Å². The maximum atomic E-state index is 12.0. The Morgan fingerprint density at radius 1 is 1.57 bits per heavy atom. The molecule has 0 saturated carbocycles. The van der Waals surface area contributed by atoms with Crippen molar-refractivity contribution >= 4 is 33.7 Å². The quantitative estimate of drug-likeness (QED) is 0.913. The normalized spacial score (nSPS) is 19.6. The van der Waals surface area contributed by atoms with Crippen molar-refractivity contribution in [2.45, 2.75) is 13.0 Å². The minimum Gasteiger partial charge on any atom is -0.368 e. The van der Waals surface area contributed by atoms with Crippen LogP contribution in [0.2, 0.25) is 0 Å². The lowest BCUT2D eigenvalue weighted by Crippen LogP contribution is -2.42. The molecule has 1 fully saturated rings. The molecule has 1 aliphatic rings.